The van der Waals surface area contributed by atoms with Crippen molar-refractivity contribution in [3.63, 3.8) is 0 Å². The van der Waals surface area contributed by atoms with Crippen molar-refractivity contribution >= 4 is 37.1 Å². The van der Waals surface area contributed by atoms with Gasteiger partial charge < -0.3 is 9.84 Å². The fourth-order valence-corrected chi connectivity index (χ4v) is 5.89. The Morgan fingerprint density at radius 3 is 1.44 bits per heavy atom. The summed E-state index contributed by atoms with van der Waals surface area (Å²) in [7, 11) is -4.22. The quantitative estimate of drug-likeness (QED) is 0.334. The lowest BCUT2D eigenvalue weighted by Crippen LogP contribution is -2.27. The number of aliphatic hydroxyl groups excluding tert-OH is 1. The molecule has 4 aromatic rings. The summed E-state index contributed by atoms with van der Waals surface area (Å²) in [6.45, 7) is 0. The monoisotopic (exact) mass is 495 g/mol. The van der Waals surface area contributed by atoms with E-state index in [1.54, 1.807) is 109 Å². The van der Waals surface area contributed by atoms with Crippen molar-refractivity contribution in [2.24, 2.45) is 0 Å². The topological polar surface area (TPSA) is 83.9 Å². The Hall–Kier alpha value is -4.62. The van der Waals surface area contributed by atoms with E-state index in [1.165, 1.54) is 4.90 Å². The molecule has 178 valence electrons. The zero-order valence-corrected chi connectivity index (χ0v) is 19.8. The summed E-state index contributed by atoms with van der Waals surface area (Å²) in [6, 6.07) is 34.2. The van der Waals surface area contributed by atoms with Gasteiger partial charge in [-0.25, -0.2) is 18.1 Å². The highest BCUT2D eigenvalue weighted by atomic mass is 32.2. The third-order valence-electron chi connectivity index (χ3n) is 5.65. The van der Waals surface area contributed by atoms with Gasteiger partial charge in [0.2, 0.25) is 9.84 Å². The number of hydrogen-bond donors (Lipinski definition) is 1. The summed E-state index contributed by atoms with van der Waals surface area (Å²) in [4.78, 5) is 14.4. The SMILES string of the molecule is O=C(OC1=C(c2ccccc2)S(=O)(=O)C(c2ccccc2)=C1O)N(c1ccccc1)c1ccccc1. The molecule has 0 fully saturated rings. The standard InChI is InChI=1S/C29H21NO5S/c31-25-26(35-29(32)30(23-17-9-3-10-18-23)24-19-11-4-12-20-24)28(22-15-7-2-8-16-22)36(33,34)27(25)21-13-5-1-6-14-21/h1-20,31H. The first-order valence-electron chi connectivity index (χ1n) is 11.1. The highest BCUT2D eigenvalue weighted by molar-refractivity contribution is 8.09. The van der Waals surface area contributed by atoms with Crippen LogP contribution in [0.25, 0.3) is 9.81 Å². The van der Waals surface area contributed by atoms with E-state index in [-0.39, 0.29) is 15.4 Å². The molecular formula is C29H21NO5S. The van der Waals surface area contributed by atoms with Gasteiger partial charge in [0.25, 0.3) is 0 Å². The second-order valence-electron chi connectivity index (χ2n) is 7.95. The summed E-state index contributed by atoms with van der Waals surface area (Å²) in [5.74, 6) is -1.03. The minimum atomic E-state index is -4.22. The fraction of sp³-hybridized carbons (Fsp3) is 0. The van der Waals surface area contributed by atoms with Gasteiger partial charge in [-0.15, -0.1) is 0 Å². The molecule has 0 aromatic heterocycles. The van der Waals surface area contributed by atoms with E-state index >= 15 is 0 Å². The van der Waals surface area contributed by atoms with E-state index in [2.05, 4.69) is 0 Å². The van der Waals surface area contributed by atoms with Crippen molar-refractivity contribution in [1.29, 1.82) is 0 Å². The Morgan fingerprint density at radius 2 is 1.00 bits per heavy atom. The Labute approximate surface area is 208 Å². The van der Waals surface area contributed by atoms with Gasteiger partial charge in [0.15, 0.2) is 11.5 Å². The molecule has 4 aromatic carbocycles. The number of sulfone groups is 1. The van der Waals surface area contributed by atoms with Crippen LogP contribution in [0.3, 0.4) is 0 Å². The average molecular weight is 496 g/mol. The minimum Gasteiger partial charge on any atom is -0.503 e. The third-order valence-corrected chi connectivity index (χ3v) is 7.57. The first-order valence-corrected chi connectivity index (χ1v) is 12.6. The average Bonchev–Trinajstić information content (AvgIpc) is 3.10. The number of carbonyl (C=O) groups is 1. The van der Waals surface area contributed by atoms with Crippen LogP contribution in [0.15, 0.2) is 133 Å². The lowest BCUT2D eigenvalue weighted by molar-refractivity contribution is 0.182. The van der Waals surface area contributed by atoms with E-state index in [4.69, 9.17) is 4.74 Å². The molecule has 0 aliphatic carbocycles. The van der Waals surface area contributed by atoms with Crippen molar-refractivity contribution in [1.82, 2.24) is 0 Å². The normalized spacial score (nSPS) is 14.6. The van der Waals surface area contributed by atoms with Crippen LogP contribution in [-0.2, 0) is 14.6 Å². The second-order valence-corrected chi connectivity index (χ2v) is 9.77. The number of ether oxygens (including phenoxy) is 1. The molecule has 0 atom stereocenters. The lowest BCUT2D eigenvalue weighted by atomic mass is 10.1. The fourth-order valence-electron chi connectivity index (χ4n) is 4.06. The van der Waals surface area contributed by atoms with Gasteiger partial charge in [0, 0.05) is 0 Å². The molecule has 5 rings (SSSR count). The van der Waals surface area contributed by atoms with E-state index in [0.29, 0.717) is 16.9 Å². The van der Waals surface area contributed by atoms with Crippen LogP contribution in [0.4, 0.5) is 16.2 Å². The number of benzene rings is 4. The Kier molecular flexibility index (Phi) is 6.14. The van der Waals surface area contributed by atoms with Gasteiger partial charge in [0.1, 0.15) is 9.81 Å². The smallest absolute Gasteiger partial charge is 0.424 e. The molecule has 36 heavy (non-hydrogen) atoms. The molecule has 1 amide bonds. The molecule has 6 nitrogen and oxygen atoms in total. The van der Waals surface area contributed by atoms with Crippen molar-refractivity contribution in [2.45, 2.75) is 0 Å². The number of hydrogen-bond acceptors (Lipinski definition) is 5. The molecule has 1 N–H and O–H groups in total. The maximum Gasteiger partial charge on any atom is 0.424 e. The summed E-state index contributed by atoms with van der Waals surface area (Å²) in [5, 5.41) is 11.2. The summed E-state index contributed by atoms with van der Waals surface area (Å²) < 4.78 is 33.2. The molecule has 0 bridgehead atoms. The lowest BCUT2D eigenvalue weighted by Gasteiger charge is -2.22. The molecule has 7 heteroatoms. The highest BCUT2D eigenvalue weighted by Gasteiger charge is 2.43. The largest absolute Gasteiger partial charge is 0.503 e. The van der Waals surface area contributed by atoms with Gasteiger partial charge in [0.05, 0.1) is 11.4 Å². The predicted octanol–water partition coefficient (Wildman–Crippen LogP) is 6.69. The van der Waals surface area contributed by atoms with Crippen LogP contribution >= 0.6 is 0 Å². The number of anilines is 2. The second kappa shape index (κ2) is 9.56. The molecular weight excluding hydrogens is 474 g/mol. The third kappa shape index (κ3) is 4.16. The van der Waals surface area contributed by atoms with Crippen molar-refractivity contribution in [3.8, 4) is 0 Å². The van der Waals surface area contributed by atoms with Crippen LogP contribution in [-0.4, -0.2) is 19.6 Å². The summed E-state index contributed by atoms with van der Waals surface area (Å²) >= 11 is 0. The maximum atomic E-state index is 13.7. The van der Waals surface area contributed by atoms with Crippen molar-refractivity contribution < 1.29 is 23.1 Å². The van der Waals surface area contributed by atoms with Crippen molar-refractivity contribution in [2.75, 3.05) is 4.90 Å². The number of para-hydroxylation sites is 2. The zero-order chi connectivity index (χ0) is 25.1. The van der Waals surface area contributed by atoms with Crippen LogP contribution in [0.5, 0.6) is 0 Å². The van der Waals surface area contributed by atoms with E-state index < -0.39 is 27.4 Å². The van der Waals surface area contributed by atoms with Gasteiger partial charge in [-0.1, -0.05) is 97.1 Å². The van der Waals surface area contributed by atoms with Crippen molar-refractivity contribution in [3.05, 3.63) is 144 Å². The van der Waals surface area contributed by atoms with E-state index in [0.717, 1.165) is 0 Å². The molecule has 1 aliphatic rings. The Bertz CT molecular complexity index is 1520. The first-order chi connectivity index (χ1) is 17.5. The number of aliphatic hydroxyl groups is 1. The Balaban J connectivity index is 1.66. The highest BCUT2D eigenvalue weighted by Crippen LogP contribution is 2.46. The summed E-state index contributed by atoms with van der Waals surface area (Å²) in [6.07, 6.45) is -0.869. The number of amides is 1. The molecule has 0 saturated carbocycles. The predicted molar refractivity (Wildman–Crippen MR) is 140 cm³/mol. The molecule has 1 heterocycles. The van der Waals surface area contributed by atoms with E-state index in [1.807, 2.05) is 12.1 Å². The Morgan fingerprint density at radius 1 is 0.611 bits per heavy atom. The summed E-state index contributed by atoms with van der Waals surface area (Å²) in [5.41, 5.74) is 1.62. The molecule has 1 aliphatic heterocycles. The minimum absolute atomic E-state index is 0.270. The van der Waals surface area contributed by atoms with Crippen LogP contribution in [0.2, 0.25) is 0 Å². The van der Waals surface area contributed by atoms with Crippen LogP contribution in [0, 0.1) is 0 Å². The number of nitrogens with zero attached hydrogens (tertiary/aromatic N) is 1. The molecule has 0 radical (unpaired) electrons. The van der Waals surface area contributed by atoms with Crippen LogP contribution in [0.1, 0.15) is 11.1 Å². The molecule has 0 unspecified atom stereocenters. The molecule has 0 spiro atoms. The first kappa shape index (κ1) is 23.1. The number of rotatable bonds is 5. The van der Waals surface area contributed by atoms with Gasteiger partial charge in [-0.3, -0.25) is 0 Å². The maximum absolute atomic E-state index is 13.7. The van der Waals surface area contributed by atoms with E-state index in [9.17, 15) is 18.3 Å². The van der Waals surface area contributed by atoms with Gasteiger partial charge in [-0.05, 0) is 35.4 Å². The molecule has 0 saturated heterocycles. The van der Waals surface area contributed by atoms with Gasteiger partial charge >= 0.3 is 6.09 Å². The number of carbonyl (C=O) groups excluding carboxylic acids is 1. The van der Waals surface area contributed by atoms with Crippen LogP contribution < -0.4 is 4.90 Å². The van der Waals surface area contributed by atoms with Gasteiger partial charge in [-0.2, -0.15) is 0 Å². The zero-order valence-electron chi connectivity index (χ0n) is 19.0.